The van der Waals surface area contributed by atoms with E-state index in [-0.39, 0.29) is 9.92 Å². The van der Waals surface area contributed by atoms with Gasteiger partial charge in [-0.3, -0.25) is 0 Å². The summed E-state index contributed by atoms with van der Waals surface area (Å²) in [5.74, 6) is 0.344. The predicted molar refractivity (Wildman–Crippen MR) is 81.4 cm³/mol. The van der Waals surface area contributed by atoms with Crippen LogP contribution in [0.2, 0.25) is 5.02 Å². The van der Waals surface area contributed by atoms with Crippen LogP contribution in [0.4, 0.5) is 5.69 Å². The van der Waals surface area contributed by atoms with Crippen LogP contribution in [0.3, 0.4) is 0 Å². The summed E-state index contributed by atoms with van der Waals surface area (Å²) in [5.41, 5.74) is 6.96. The van der Waals surface area contributed by atoms with Gasteiger partial charge in [0.25, 0.3) is 0 Å². The van der Waals surface area contributed by atoms with Crippen molar-refractivity contribution in [3.8, 4) is 0 Å². The average Bonchev–Trinajstić information content (AvgIpc) is 2.77. The Labute approximate surface area is 125 Å². The molecule has 0 spiro atoms. The fourth-order valence-corrected chi connectivity index (χ4v) is 4.10. The summed E-state index contributed by atoms with van der Waals surface area (Å²) in [6, 6.07) is 3.00. The molecule has 1 fully saturated rings. The van der Waals surface area contributed by atoms with Crippen LogP contribution in [0.25, 0.3) is 0 Å². The molecule has 3 N–H and O–H groups in total. The van der Waals surface area contributed by atoms with Gasteiger partial charge in [0.1, 0.15) is 4.90 Å². The van der Waals surface area contributed by atoms with Gasteiger partial charge in [-0.2, -0.15) is 0 Å². The molecule has 1 saturated heterocycles. The number of anilines is 1. The van der Waals surface area contributed by atoms with Gasteiger partial charge in [0.2, 0.25) is 10.0 Å². The lowest BCUT2D eigenvalue weighted by atomic mass is 10.1. The molecule has 1 aromatic rings. The third-order valence-corrected chi connectivity index (χ3v) is 5.55. The zero-order valence-corrected chi connectivity index (χ0v) is 13.3. The van der Waals surface area contributed by atoms with E-state index >= 15 is 0 Å². The van der Waals surface area contributed by atoms with Crippen LogP contribution in [0, 0.1) is 12.8 Å². The van der Waals surface area contributed by atoms with Crippen molar-refractivity contribution in [3.05, 3.63) is 22.7 Å². The number of sulfonamides is 1. The van der Waals surface area contributed by atoms with Gasteiger partial charge in [-0.25, -0.2) is 13.1 Å². The summed E-state index contributed by atoms with van der Waals surface area (Å²) in [7, 11) is -1.58. The molecule has 2 rings (SSSR count). The highest BCUT2D eigenvalue weighted by Gasteiger charge is 2.24. The van der Waals surface area contributed by atoms with Crippen molar-refractivity contribution in [2.75, 3.05) is 32.4 Å². The predicted octanol–water partition coefficient (Wildman–Crippen LogP) is 1.46. The molecule has 0 amide bonds. The molecule has 0 saturated carbocycles. The molecule has 112 valence electrons. The largest absolute Gasteiger partial charge is 0.398 e. The molecule has 0 aliphatic carbocycles. The highest BCUT2D eigenvalue weighted by Crippen LogP contribution is 2.27. The van der Waals surface area contributed by atoms with Crippen molar-refractivity contribution in [2.45, 2.75) is 18.2 Å². The Morgan fingerprint density at radius 1 is 1.50 bits per heavy atom. The standard InChI is InChI=1S/C13H20ClN3O2S/c1-9-5-11(14)13(6-12(9)15)20(18,19)16-7-10-3-4-17(2)8-10/h5-6,10,16H,3-4,7-8,15H2,1-2H3. The lowest BCUT2D eigenvalue weighted by Crippen LogP contribution is -2.30. The molecule has 1 atom stereocenters. The molecular weight excluding hydrogens is 298 g/mol. The van der Waals surface area contributed by atoms with Gasteiger partial charge < -0.3 is 10.6 Å². The number of nitrogen functional groups attached to an aromatic ring is 1. The molecule has 0 bridgehead atoms. The van der Waals surface area contributed by atoms with Gasteiger partial charge in [0.15, 0.2) is 0 Å². The number of nitrogens with two attached hydrogens (primary N) is 1. The maximum Gasteiger partial charge on any atom is 0.242 e. The zero-order chi connectivity index (χ0) is 14.9. The lowest BCUT2D eigenvalue weighted by Gasteiger charge is -2.14. The number of rotatable bonds is 4. The molecular formula is C13H20ClN3O2S. The SMILES string of the molecule is Cc1cc(Cl)c(S(=O)(=O)NCC2CCN(C)C2)cc1N. The van der Waals surface area contributed by atoms with Gasteiger partial charge >= 0.3 is 0 Å². The first-order valence-electron chi connectivity index (χ1n) is 6.53. The summed E-state index contributed by atoms with van der Waals surface area (Å²) < 4.78 is 27.2. The molecule has 0 radical (unpaired) electrons. The Bertz CT molecular complexity index is 604. The number of aryl methyl sites for hydroxylation is 1. The first-order valence-corrected chi connectivity index (χ1v) is 8.39. The molecule has 1 aliphatic heterocycles. The molecule has 1 aliphatic rings. The fraction of sp³-hybridized carbons (Fsp3) is 0.538. The van der Waals surface area contributed by atoms with Crippen LogP contribution in [-0.4, -0.2) is 40.0 Å². The maximum atomic E-state index is 12.3. The highest BCUT2D eigenvalue weighted by molar-refractivity contribution is 7.89. The van der Waals surface area contributed by atoms with Crippen LogP contribution in [0.1, 0.15) is 12.0 Å². The first kappa shape index (κ1) is 15.6. The van der Waals surface area contributed by atoms with Gasteiger partial charge in [0, 0.05) is 18.8 Å². The number of likely N-dealkylation sites (tertiary alicyclic amines) is 1. The van der Waals surface area contributed by atoms with Crippen molar-refractivity contribution < 1.29 is 8.42 Å². The molecule has 1 aromatic carbocycles. The van der Waals surface area contributed by atoms with E-state index in [0.717, 1.165) is 25.1 Å². The zero-order valence-electron chi connectivity index (χ0n) is 11.7. The molecule has 7 heteroatoms. The Hall–Kier alpha value is -0.820. The van der Waals surface area contributed by atoms with Crippen LogP contribution >= 0.6 is 11.6 Å². The van der Waals surface area contributed by atoms with Crippen molar-refractivity contribution in [1.29, 1.82) is 0 Å². The van der Waals surface area contributed by atoms with Crippen molar-refractivity contribution >= 4 is 27.3 Å². The Balaban J connectivity index is 2.12. The quantitative estimate of drug-likeness (QED) is 0.824. The van der Waals surface area contributed by atoms with Gasteiger partial charge in [-0.15, -0.1) is 0 Å². The third kappa shape index (κ3) is 3.44. The van der Waals surface area contributed by atoms with E-state index in [4.69, 9.17) is 17.3 Å². The summed E-state index contributed by atoms with van der Waals surface area (Å²) in [4.78, 5) is 2.24. The van der Waals surface area contributed by atoms with Gasteiger partial charge in [-0.05, 0) is 50.6 Å². The number of hydrogen-bond acceptors (Lipinski definition) is 4. The summed E-state index contributed by atoms with van der Waals surface area (Å²) in [6.45, 7) is 4.13. The van der Waals surface area contributed by atoms with Gasteiger partial charge in [-0.1, -0.05) is 11.6 Å². The average molecular weight is 318 g/mol. The number of hydrogen-bond donors (Lipinski definition) is 2. The number of benzene rings is 1. The topological polar surface area (TPSA) is 75.4 Å². The summed E-state index contributed by atoms with van der Waals surface area (Å²) in [5, 5.41) is 0.202. The van der Waals surface area contributed by atoms with Crippen molar-refractivity contribution in [2.24, 2.45) is 5.92 Å². The molecule has 1 unspecified atom stereocenters. The summed E-state index contributed by atoms with van der Waals surface area (Å²) >= 11 is 6.02. The lowest BCUT2D eigenvalue weighted by molar-refractivity contribution is 0.394. The maximum absolute atomic E-state index is 12.3. The van der Waals surface area contributed by atoms with Crippen molar-refractivity contribution in [3.63, 3.8) is 0 Å². The Morgan fingerprint density at radius 3 is 2.80 bits per heavy atom. The van der Waals surface area contributed by atoms with Gasteiger partial charge in [0.05, 0.1) is 5.02 Å². The minimum atomic E-state index is -3.62. The van der Waals surface area contributed by atoms with E-state index in [9.17, 15) is 8.42 Å². The van der Waals surface area contributed by atoms with Crippen LogP contribution in [0.15, 0.2) is 17.0 Å². The van der Waals surface area contributed by atoms with E-state index in [2.05, 4.69) is 9.62 Å². The molecule has 20 heavy (non-hydrogen) atoms. The third-order valence-electron chi connectivity index (χ3n) is 3.66. The smallest absolute Gasteiger partial charge is 0.242 e. The van der Waals surface area contributed by atoms with Crippen LogP contribution in [-0.2, 0) is 10.0 Å². The van der Waals surface area contributed by atoms with E-state index in [1.165, 1.54) is 6.07 Å². The van der Waals surface area contributed by atoms with Crippen LogP contribution in [0.5, 0.6) is 0 Å². The number of nitrogens with zero attached hydrogens (tertiary/aromatic N) is 1. The molecule has 1 heterocycles. The van der Waals surface area contributed by atoms with E-state index in [0.29, 0.717) is 18.2 Å². The number of nitrogens with one attached hydrogen (secondary N) is 1. The van der Waals surface area contributed by atoms with E-state index in [1.807, 2.05) is 7.05 Å². The first-order chi connectivity index (χ1) is 9.29. The van der Waals surface area contributed by atoms with Crippen LogP contribution < -0.4 is 10.5 Å². The minimum Gasteiger partial charge on any atom is -0.398 e. The fourth-order valence-electron chi connectivity index (χ4n) is 2.37. The molecule has 5 nitrogen and oxygen atoms in total. The highest BCUT2D eigenvalue weighted by atomic mass is 35.5. The van der Waals surface area contributed by atoms with Crippen molar-refractivity contribution in [1.82, 2.24) is 9.62 Å². The molecule has 0 aromatic heterocycles. The normalized spacial score (nSPS) is 20.4. The Morgan fingerprint density at radius 2 is 2.20 bits per heavy atom. The van der Waals surface area contributed by atoms with E-state index in [1.54, 1.807) is 13.0 Å². The summed E-state index contributed by atoms with van der Waals surface area (Å²) in [6.07, 6.45) is 1.00. The minimum absolute atomic E-state index is 0.0496. The second-order valence-corrected chi connectivity index (χ2v) is 7.55. The second-order valence-electron chi connectivity index (χ2n) is 5.41. The Kier molecular flexibility index (Phi) is 4.59. The number of halogens is 1. The second kappa shape index (κ2) is 5.89. The van der Waals surface area contributed by atoms with E-state index < -0.39 is 10.0 Å². The monoisotopic (exact) mass is 317 g/mol.